The first kappa shape index (κ1) is 29.5. The Morgan fingerprint density at radius 1 is 0.571 bits per heavy atom. The molecule has 0 amide bonds. The van der Waals surface area contributed by atoms with Gasteiger partial charge in [-0.2, -0.15) is 0 Å². The Balaban J connectivity index is -0.0000000270. The van der Waals surface area contributed by atoms with Crippen molar-refractivity contribution in [3.8, 4) is 0 Å². The van der Waals surface area contributed by atoms with Crippen LogP contribution in [0.5, 0.6) is 0 Å². The summed E-state index contributed by atoms with van der Waals surface area (Å²) in [6, 6.07) is 0. The van der Waals surface area contributed by atoms with Crippen LogP contribution in [0.15, 0.2) is 0 Å². The summed E-state index contributed by atoms with van der Waals surface area (Å²) in [6.45, 7) is 9.67. The summed E-state index contributed by atoms with van der Waals surface area (Å²) in [7, 11) is 0. The van der Waals surface area contributed by atoms with Crippen molar-refractivity contribution in [1.29, 1.82) is 0 Å². The third kappa shape index (κ3) is 1150. The van der Waals surface area contributed by atoms with E-state index in [-0.39, 0.29) is 45.7 Å². The van der Waals surface area contributed by atoms with Gasteiger partial charge in [0.1, 0.15) is 0 Å². The number of rotatable bonds is 0. The maximum Gasteiger partial charge on any atom is 4.00 e. The second-order valence-corrected chi connectivity index (χ2v) is 3.15. The molecule has 0 aliphatic carbocycles. The van der Waals surface area contributed by atoms with Crippen LogP contribution in [-0.2, 0) is 21.7 Å². The minimum atomic E-state index is -0.417. The number of hydrogen-bond donors (Lipinski definition) is 0. The quantitative estimate of drug-likeness (QED) is 0.333. The van der Waals surface area contributed by atoms with Crippen LogP contribution >= 0.6 is 0 Å². The van der Waals surface area contributed by atoms with Gasteiger partial charge in [0.05, 0.1) is 0 Å². The van der Waals surface area contributed by atoms with Gasteiger partial charge in [-0.1, -0.05) is 41.5 Å². The molecule has 5 heteroatoms. The van der Waals surface area contributed by atoms with Gasteiger partial charge in [0.15, 0.2) is 0 Å². The van der Waals surface area contributed by atoms with E-state index >= 15 is 0 Å². The van der Waals surface area contributed by atoms with Crippen molar-refractivity contribution >= 4 is 0 Å². The van der Waals surface area contributed by atoms with E-state index in [2.05, 4.69) is 0 Å². The van der Waals surface area contributed by atoms with Crippen molar-refractivity contribution in [2.75, 3.05) is 0 Å². The minimum Gasteiger partial charge on any atom is -1.00 e. The first-order valence-electron chi connectivity index (χ1n) is 4.17. The molecule has 0 saturated heterocycles. The van der Waals surface area contributed by atoms with E-state index in [0.717, 1.165) is 0 Å². The Bertz CT molecular complexity index is 48.5. The molecule has 0 radical (unpaired) electrons. The van der Waals surface area contributed by atoms with E-state index in [4.69, 9.17) is 0 Å². The third-order valence-corrected chi connectivity index (χ3v) is 0. The Kier molecular flexibility index (Phi) is 50.3. The smallest absolute Gasteiger partial charge is 1.00 e. The molecule has 0 unspecified atom stereocenters. The van der Waals surface area contributed by atoms with Crippen molar-refractivity contribution in [2.24, 2.45) is 0 Å². The van der Waals surface area contributed by atoms with Gasteiger partial charge in [-0.05, 0) is 0 Å². The minimum absolute atomic E-state index is 0. The molecule has 0 spiro atoms. The zero-order chi connectivity index (χ0) is 10.7. The Morgan fingerprint density at radius 3 is 0.571 bits per heavy atom. The van der Waals surface area contributed by atoms with Gasteiger partial charge in [0.2, 0.25) is 0 Å². The molecule has 0 N–H and O–H groups in total. The summed E-state index contributed by atoms with van der Waals surface area (Å²) in [5.41, 5.74) is 0. The topological polar surface area (TPSA) is 69.2 Å². The van der Waals surface area contributed by atoms with Crippen LogP contribution in [-0.4, -0.2) is 18.3 Å². The summed E-state index contributed by atoms with van der Waals surface area (Å²) >= 11 is 0. The van der Waals surface area contributed by atoms with Gasteiger partial charge in [0, 0.05) is 0 Å². The van der Waals surface area contributed by atoms with Crippen LogP contribution in [0.4, 0.5) is 0 Å². The van der Waals surface area contributed by atoms with Gasteiger partial charge in [-0.25, -0.2) is 0 Å². The maximum absolute atomic E-state index is 9.53. The van der Waals surface area contributed by atoms with Crippen LogP contribution < -0.4 is 39.3 Å². The summed E-state index contributed by atoms with van der Waals surface area (Å²) in [6.07, 6.45) is -1.25. The molecule has 0 fully saturated rings. The fourth-order valence-corrected chi connectivity index (χ4v) is 0. The summed E-state index contributed by atoms with van der Waals surface area (Å²) < 4.78 is 0. The summed E-state index contributed by atoms with van der Waals surface area (Å²) in [4.78, 5) is 0. The fourth-order valence-electron chi connectivity index (χ4n) is 0. The Labute approximate surface area is 120 Å². The first-order chi connectivity index (χ1) is 5.20. The molecule has 86 valence electrons. The average molecular weight is 352 g/mol. The normalized spacial score (nSPS) is 7.71. The molecule has 0 bridgehead atoms. The maximum atomic E-state index is 9.53. The molecule has 0 aromatic rings. The van der Waals surface area contributed by atoms with Crippen molar-refractivity contribution in [3.63, 3.8) is 0 Å². The summed E-state index contributed by atoms with van der Waals surface area (Å²) in [5.74, 6) is 0. The SMILES string of the molecule is CC(C)[O-].CC(C)[O-].CC(C)[O-].[I-].[Ti+4]. The van der Waals surface area contributed by atoms with Crippen LogP contribution in [0.25, 0.3) is 0 Å². The Morgan fingerprint density at radius 2 is 0.571 bits per heavy atom. The van der Waals surface area contributed by atoms with Gasteiger partial charge >= 0.3 is 21.7 Å². The van der Waals surface area contributed by atoms with Crippen molar-refractivity contribution in [3.05, 3.63) is 0 Å². The van der Waals surface area contributed by atoms with E-state index in [9.17, 15) is 15.3 Å². The fraction of sp³-hybridized carbons (Fsp3) is 1.00. The Hall–Kier alpha value is 1.32. The predicted octanol–water partition coefficient (Wildman–Crippen LogP) is -3.73. The largest absolute Gasteiger partial charge is 4.00 e. The molecule has 0 aliphatic heterocycles. The molecule has 14 heavy (non-hydrogen) atoms. The van der Waals surface area contributed by atoms with Gasteiger partial charge in [-0.3, -0.25) is 0 Å². The van der Waals surface area contributed by atoms with Crippen LogP contribution in [0.1, 0.15) is 41.5 Å². The monoisotopic (exact) mass is 352 g/mol. The zero-order valence-electron chi connectivity index (χ0n) is 9.83. The van der Waals surface area contributed by atoms with Crippen LogP contribution in [0.3, 0.4) is 0 Å². The molecule has 0 aromatic carbocycles. The van der Waals surface area contributed by atoms with Crippen LogP contribution in [0.2, 0.25) is 0 Å². The van der Waals surface area contributed by atoms with E-state index < -0.39 is 18.3 Å². The predicted molar refractivity (Wildman–Crippen MR) is 45.4 cm³/mol. The number of halogens is 1. The van der Waals surface area contributed by atoms with E-state index in [0.29, 0.717) is 0 Å². The molecular formula is C9H21IO3Ti. The van der Waals surface area contributed by atoms with E-state index in [1.807, 2.05) is 0 Å². The molecule has 0 atom stereocenters. The molecular weight excluding hydrogens is 331 g/mol. The standard InChI is InChI=1S/3C3H7O.HI.Ti/c3*1-3(2)4;;/h3*3H,1-2H3;1H;/q3*-1;;+4/p-1. The molecule has 0 heterocycles. The third-order valence-electron chi connectivity index (χ3n) is 0. The molecule has 0 rings (SSSR count). The molecule has 0 aliphatic rings. The van der Waals surface area contributed by atoms with Crippen molar-refractivity contribution < 1.29 is 61.0 Å². The second kappa shape index (κ2) is 23.9. The second-order valence-electron chi connectivity index (χ2n) is 3.15. The van der Waals surface area contributed by atoms with E-state index in [1.54, 1.807) is 41.5 Å². The molecule has 0 aromatic heterocycles. The van der Waals surface area contributed by atoms with E-state index in [1.165, 1.54) is 0 Å². The van der Waals surface area contributed by atoms with Gasteiger partial charge < -0.3 is 39.3 Å². The first-order valence-corrected chi connectivity index (χ1v) is 4.17. The molecule has 3 nitrogen and oxygen atoms in total. The van der Waals surface area contributed by atoms with Crippen molar-refractivity contribution in [1.82, 2.24) is 0 Å². The zero-order valence-corrected chi connectivity index (χ0v) is 13.6. The summed E-state index contributed by atoms with van der Waals surface area (Å²) in [5, 5.41) is 28.6. The number of hydrogen-bond acceptors (Lipinski definition) is 3. The van der Waals surface area contributed by atoms with Crippen LogP contribution in [0, 0.1) is 0 Å². The van der Waals surface area contributed by atoms with Gasteiger partial charge in [0.25, 0.3) is 0 Å². The van der Waals surface area contributed by atoms with Gasteiger partial charge in [-0.15, -0.1) is 18.3 Å². The molecule has 0 saturated carbocycles. The average Bonchev–Trinajstić information content (AvgIpc) is 1.54. The van der Waals surface area contributed by atoms with Crippen molar-refractivity contribution in [2.45, 2.75) is 59.9 Å².